The highest BCUT2D eigenvalue weighted by atomic mass is 14.6. The van der Waals surface area contributed by atoms with E-state index in [1.54, 1.807) is 0 Å². The van der Waals surface area contributed by atoms with E-state index in [0.717, 1.165) is 0 Å². The Morgan fingerprint density at radius 1 is 1.71 bits per heavy atom. The molecule has 1 nitrogen and oxygen atoms in total. The van der Waals surface area contributed by atoms with Gasteiger partial charge in [0.15, 0.2) is 0 Å². The number of terminal acetylenes is 1. The van der Waals surface area contributed by atoms with Gasteiger partial charge in [-0.1, -0.05) is 5.92 Å². The van der Waals surface area contributed by atoms with Gasteiger partial charge in [0.05, 0.1) is 0 Å². The van der Waals surface area contributed by atoms with Crippen LogP contribution in [-0.4, -0.2) is 6.54 Å². The first-order valence-electron chi connectivity index (χ1n) is 2.30. The summed E-state index contributed by atoms with van der Waals surface area (Å²) < 4.78 is 0. The molecule has 2 N–H and O–H groups in total. The van der Waals surface area contributed by atoms with Crippen LogP contribution in [0.5, 0.6) is 0 Å². The quantitative estimate of drug-likeness (QED) is 0.476. The predicted octanol–water partition coefficient (Wildman–Crippen LogP) is 0.605. The molecule has 40 valence electrons. The van der Waals surface area contributed by atoms with E-state index in [1.165, 1.54) is 0 Å². The molecule has 0 fully saturated rings. The summed E-state index contributed by atoms with van der Waals surface area (Å²) in [6, 6.07) is 0. The third kappa shape index (κ3) is 2.24. The van der Waals surface area contributed by atoms with Crippen molar-refractivity contribution in [2.24, 2.45) is 11.1 Å². The van der Waals surface area contributed by atoms with E-state index in [9.17, 15) is 0 Å². The zero-order valence-corrected chi connectivity index (χ0v) is 4.86. The van der Waals surface area contributed by atoms with Crippen molar-refractivity contribution < 1.29 is 0 Å². The summed E-state index contributed by atoms with van der Waals surface area (Å²) in [5.74, 6) is 2.57. The van der Waals surface area contributed by atoms with Gasteiger partial charge in [-0.2, -0.15) is 0 Å². The Hall–Kier alpha value is -0.480. The van der Waals surface area contributed by atoms with E-state index in [4.69, 9.17) is 12.2 Å². The van der Waals surface area contributed by atoms with Crippen molar-refractivity contribution in [2.45, 2.75) is 13.8 Å². The van der Waals surface area contributed by atoms with Crippen LogP contribution in [0.3, 0.4) is 0 Å². The van der Waals surface area contributed by atoms with Crippen LogP contribution in [0, 0.1) is 17.8 Å². The Morgan fingerprint density at radius 2 is 2.14 bits per heavy atom. The van der Waals surface area contributed by atoms with Gasteiger partial charge in [-0.3, -0.25) is 0 Å². The second kappa shape index (κ2) is 1.99. The van der Waals surface area contributed by atoms with E-state index in [0.29, 0.717) is 6.54 Å². The van der Waals surface area contributed by atoms with Crippen LogP contribution in [-0.2, 0) is 0 Å². The van der Waals surface area contributed by atoms with E-state index in [1.807, 2.05) is 13.8 Å². The van der Waals surface area contributed by atoms with Crippen molar-refractivity contribution in [2.75, 3.05) is 6.54 Å². The summed E-state index contributed by atoms with van der Waals surface area (Å²) in [5.41, 5.74) is 5.16. The van der Waals surface area contributed by atoms with E-state index in [-0.39, 0.29) is 5.41 Å². The van der Waals surface area contributed by atoms with Crippen LogP contribution in [0.4, 0.5) is 0 Å². The maximum absolute atomic E-state index is 5.27. The zero-order chi connectivity index (χ0) is 5.91. The smallest absolute Gasteiger partial charge is 0.0377 e. The topological polar surface area (TPSA) is 26.0 Å². The summed E-state index contributed by atoms with van der Waals surface area (Å²) in [6.07, 6.45) is 5.09. The molecule has 0 aromatic carbocycles. The number of hydrogen-bond donors (Lipinski definition) is 1. The van der Waals surface area contributed by atoms with Crippen molar-refractivity contribution >= 4 is 0 Å². The summed E-state index contributed by atoms with van der Waals surface area (Å²) in [4.78, 5) is 0. The van der Waals surface area contributed by atoms with Gasteiger partial charge in [-0.25, -0.2) is 0 Å². The number of hydrogen-bond acceptors (Lipinski definition) is 1. The fourth-order valence-corrected chi connectivity index (χ4v) is 0.0589. The molecule has 0 unspecified atom stereocenters. The summed E-state index contributed by atoms with van der Waals surface area (Å²) in [5, 5.41) is 0. The Balaban J connectivity index is 3.66. The fraction of sp³-hybridized carbons (Fsp3) is 0.667. The molecule has 0 saturated heterocycles. The standard InChI is InChI=1S/C6H11N/c1-4-6(2,3)5-7/h1H,5,7H2,2-3H3. The second-order valence-corrected chi connectivity index (χ2v) is 2.23. The van der Waals surface area contributed by atoms with Crippen molar-refractivity contribution in [3.05, 3.63) is 0 Å². The second-order valence-electron chi connectivity index (χ2n) is 2.23. The lowest BCUT2D eigenvalue weighted by molar-refractivity contribution is 0.519. The van der Waals surface area contributed by atoms with Gasteiger partial charge in [0.1, 0.15) is 0 Å². The molecule has 0 spiro atoms. The Kier molecular flexibility index (Phi) is 1.86. The Morgan fingerprint density at radius 3 is 2.14 bits per heavy atom. The van der Waals surface area contributed by atoms with Crippen LogP contribution in [0.1, 0.15) is 13.8 Å². The first kappa shape index (κ1) is 6.52. The van der Waals surface area contributed by atoms with Gasteiger partial charge in [0.2, 0.25) is 0 Å². The Labute approximate surface area is 44.9 Å². The maximum Gasteiger partial charge on any atom is 0.0377 e. The van der Waals surface area contributed by atoms with Gasteiger partial charge in [0, 0.05) is 12.0 Å². The Bertz CT molecular complexity index is 86.8. The molecule has 0 bridgehead atoms. The number of nitrogens with two attached hydrogens (primary N) is 1. The SMILES string of the molecule is C#CC(C)(C)CN. The van der Waals surface area contributed by atoms with Crippen LogP contribution in [0.2, 0.25) is 0 Å². The molecule has 0 aromatic rings. The molecule has 0 heterocycles. The van der Waals surface area contributed by atoms with Crippen LogP contribution in [0.15, 0.2) is 0 Å². The molecule has 0 aliphatic heterocycles. The van der Waals surface area contributed by atoms with Gasteiger partial charge >= 0.3 is 0 Å². The van der Waals surface area contributed by atoms with Gasteiger partial charge in [-0.05, 0) is 13.8 Å². The highest BCUT2D eigenvalue weighted by molar-refractivity contribution is 5.00. The van der Waals surface area contributed by atoms with E-state index in [2.05, 4.69) is 5.92 Å². The average molecular weight is 97.2 g/mol. The average Bonchev–Trinajstić information content (AvgIpc) is 1.68. The van der Waals surface area contributed by atoms with Crippen LogP contribution >= 0.6 is 0 Å². The van der Waals surface area contributed by atoms with Gasteiger partial charge < -0.3 is 5.73 Å². The highest BCUT2D eigenvalue weighted by Crippen LogP contribution is 2.07. The maximum atomic E-state index is 5.27. The lowest BCUT2D eigenvalue weighted by atomic mass is 9.96. The van der Waals surface area contributed by atoms with E-state index < -0.39 is 0 Å². The molecule has 0 atom stereocenters. The van der Waals surface area contributed by atoms with Crippen molar-refractivity contribution in [1.82, 2.24) is 0 Å². The zero-order valence-electron chi connectivity index (χ0n) is 4.86. The molecule has 1 heteroatoms. The summed E-state index contributed by atoms with van der Waals surface area (Å²) >= 11 is 0. The molecule has 0 saturated carbocycles. The lowest BCUT2D eigenvalue weighted by Crippen LogP contribution is -2.20. The fourth-order valence-electron chi connectivity index (χ4n) is 0.0589. The van der Waals surface area contributed by atoms with Crippen molar-refractivity contribution in [3.8, 4) is 12.3 Å². The highest BCUT2D eigenvalue weighted by Gasteiger charge is 2.08. The van der Waals surface area contributed by atoms with Crippen molar-refractivity contribution in [3.63, 3.8) is 0 Å². The van der Waals surface area contributed by atoms with E-state index >= 15 is 0 Å². The monoisotopic (exact) mass is 97.1 g/mol. The normalized spacial score (nSPS) is 10.6. The first-order valence-corrected chi connectivity index (χ1v) is 2.30. The van der Waals surface area contributed by atoms with Gasteiger partial charge in [-0.15, -0.1) is 6.42 Å². The van der Waals surface area contributed by atoms with Crippen molar-refractivity contribution in [1.29, 1.82) is 0 Å². The third-order valence-corrected chi connectivity index (χ3v) is 0.901. The van der Waals surface area contributed by atoms with Crippen LogP contribution in [0.25, 0.3) is 0 Å². The first-order chi connectivity index (χ1) is 3.12. The minimum atomic E-state index is -0.111. The molecule has 7 heavy (non-hydrogen) atoms. The summed E-state index contributed by atoms with van der Waals surface area (Å²) in [6.45, 7) is 4.43. The molecule has 0 rings (SSSR count). The predicted molar refractivity (Wildman–Crippen MR) is 31.7 cm³/mol. The molecule has 0 radical (unpaired) electrons. The van der Waals surface area contributed by atoms with Crippen LogP contribution < -0.4 is 5.73 Å². The van der Waals surface area contributed by atoms with Gasteiger partial charge in [0.25, 0.3) is 0 Å². The molecule has 0 aliphatic carbocycles. The minimum Gasteiger partial charge on any atom is -0.329 e. The largest absolute Gasteiger partial charge is 0.329 e. The molecule has 0 amide bonds. The number of rotatable bonds is 1. The lowest BCUT2D eigenvalue weighted by Gasteiger charge is -2.11. The molecule has 0 aromatic heterocycles. The molecular weight excluding hydrogens is 86.1 g/mol. The third-order valence-electron chi connectivity index (χ3n) is 0.901. The molecular formula is C6H11N. The minimum absolute atomic E-state index is 0.111. The molecule has 0 aliphatic rings. The summed E-state index contributed by atoms with van der Waals surface area (Å²) in [7, 11) is 0.